The third-order valence-electron chi connectivity index (χ3n) is 1.89. The van der Waals surface area contributed by atoms with E-state index in [0.717, 1.165) is 32.6 Å². The maximum atomic E-state index is 10.7. The molecule has 68 valence electrons. The number of hydrogen-bond acceptors (Lipinski definition) is 4. The minimum Gasteiger partial charge on any atom is -0.315 e. The molecule has 0 aliphatic carbocycles. The summed E-state index contributed by atoms with van der Waals surface area (Å²) in [6.45, 7) is 3.73. The number of carbonyl (C=O) groups excluding carboxylic acids is 1. The Balaban J connectivity index is 2.29. The molecule has 0 bridgehead atoms. The molecular weight excluding hydrogens is 158 g/mol. The number of hydrogen-bond donors (Lipinski definition) is 1. The Morgan fingerprint density at radius 3 is 3.00 bits per heavy atom. The molecule has 5 nitrogen and oxygen atoms in total. The van der Waals surface area contributed by atoms with Crippen molar-refractivity contribution in [1.29, 1.82) is 0 Å². The second kappa shape index (κ2) is 4.95. The van der Waals surface area contributed by atoms with Gasteiger partial charge in [-0.05, 0) is 19.5 Å². The van der Waals surface area contributed by atoms with Crippen LogP contribution in [-0.2, 0) is 4.79 Å². The zero-order chi connectivity index (χ0) is 8.81. The van der Waals surface area contributed by atoms with Gasteiger partial charge in [0.05, 0.1) is 6.54 Å². The summed E-state index contributed by atoms with van der Waals surface area (Å²) in [6.07, 6.45) is 1.02. The number of rotatable bonds is 2. The molecule has 12 heavy (non-hydrogen) atoms. The summed E-state index contributed by atoms with van der Waals surface area (Å²) in [5, 5.41) is 5.57. The van der Waals surface area contributed by atoms with E-state index in [0.29, 0.717) is 0 Å². The lowest BCUT2D eigenvalue weighted by Gasteiger charge is -2.15. The van der Waals surface area contributed by atoms with Crippen LogP contribution in [0, 0.1) is 4.91 Å². The van der Waals surface area contributed by atoms with Crippen molar-refractivity contribution in [3.05, 3.63) is 4.91 Å². The highest BCUT2D eigenvalue weighted by molar-refractivity contribution is 5.78. The monoisotopic (exact) mass is 171 g/mol. The SMILES string of the molecule is O=NC(=O)CN1CCCNCC1. The number of amides is 1. The molecule has 5 heteroatoms. The quantitative estimate of drug-likeness (QED) is 0.573. The molecule has 0 saturated carbocycles. The highest BCUT2D eigenvalue weighted by Gasteiger charge is 2.12. The van der Waals surface area contributed by atoms with Gasteiger partial charge in [0.1, 0.15) is 0 Å². The van der Waals surface area contributed by atoms with Crippen LogP contribution >= 0.6 is 0 Å². The molecular formula is C7H13N3O2. The molecule has 1 aliphatic rings. The van der Waals surface area contributed by atoms with E-state index in [-0.39, 0.29) is 6.54 Å². The molecule has 1 saturated heterocycles. The molecule has 1 rings (SSSR count). The molecule has 0 unspecified atom stereocenters. The van der Waals surface area contributed by atoms with Crippen molar-refractivity contribution in [2.24, 2.45) is 5.18 Å². The largest absolute Gasteiger partial charge is 0.315 e. The summed E-state index contributed by atoms with van der Waals surface area (Å²) in [4.78, 5) is 22.4. The van der Waals surface area contributed by atoms with E-state index in [2.05, 4.69) is 10.5 Å². The zero-order valence-electron chi connectivity index (χ0n) is 6.95. The van der Waals surface area contributed by atoms with E-state index in [4.69, 9.17) is 0 Å². The number of nitroso groups, excluding NO2 is 1. The summed E-state index contributed by atoms with van der Waals surface area (Å²) >= 11 is 0. The third-order valence-corrected chi connectivity index (χ3v) is 1.89. The number of carbonyl (C=O) groups is 1. The maximum Gasteiger partial charge on any atom is 0.300 e. The van der Waals surface area contributed by atoms with Gasteiger partial charge in [0.15, 0.2) is 0 Å². The number of nitrogens with one attached hydrogen (secondary N) is 1. The topological polar surface area (TPSA) is 61.8 Å². The zero-order valence-corrected chi connectivity index (χ0v) is 6.95. The van der Waals surface area contributed by atoms with E-state index in [1.54, 1.807) is 0 Å². The summed E-state index contributed by atoms with van der Waals surface area (Å²) in [7, 11) is 0. The van der Waals surface area contributed by atoms with Crippen molar-refractivity contribution >= 4 is 5.91 Å². The molecule has 1 N–H and O–H groups in total. The van der Waals surface area contributed by atoms with Gasteiger partial charge >= 0.3 is 0 Å². The summed E-state index contributed by atoms with van der Waals surface area (Å²) in [5.41, 5.74) is 0. The molecule has 0 radical (unpaired) electrons. The highest BCUT2D eigenvalue weighted by atomic mass is 16.3. The van der Waals surface area contributed by atoms with Gasteiger partial charge in [0.2, 0.25) is 0 Å². The average Bonchev–Trinajstić information content (AvgIpc) is 2.33. The smallest absolute Gasteiger partial charge is 0.300 e. The van der Waals surface area contributed by atoms with E-state index in [1.807, 2.05) is 4.90 Å². The minimum atomic E-state index is -0.572. The minimum absolute atomic E-state index is 0.172. The predicted octanol–water partition coefficient (Wildman–Crippen LogP) is -0.425. The summed E-state index contributed by atoms with van der Waals surface area (Å²) in [5.74, 6) is -0.572. The van der Waals surface area contributed by atoms with Crippen molar-refractivity contribution in [1.82, 2.24) is 10.2 Å². The van der Waals surface area contributed by atoms with Crippen LogP contribution in [-0.4, -0.2) is 43.5 Å². The highest BCUT2D eigenvalue weighted by Crippen LogP contribution is 1.95. The lowest BCUT2D eigenvalue weighted by atomic mass is 10.4. The lowest BCUT2D eigenvalue weighted by Crippen LogP contribution is -2.32. The van der Waals surface area contributed by atoms with E-state index in [1.165, 1.54) is 0 Å². The fourth-order valence-electron chi connectivity index (χ4n) is 1.28. The van der Waals surface area contributed by atoms with Gasteiger partial charge < -0.3 is 5.32 Å². The Bertz CT molecular complexity index is 164. The fraction of sp³-hybridized carbons (Fsp3) is 0.857. The van der Waals surface area contributed by atoms with Gasteiger partial charge in [-0.25, -0.2) is 0 Å². The first-order valence-electron chi connectivity index (χ1n) is 4.12. The molecule has 1 aliphatic heterocycles. The fourth-order valence-corrected chi connectivity index (χ4v) is 1.28. The third kappa shape index (κ3) is 3.06. The van der Waals surface area contributed by atoms with Gasteiger partial charge in [-0.15, -0.1) is 4.91 Å². The standard InChI is InChI=1S/C7H13N3O2/c11-7(9-12)6-10-4-1-2-8-3-5-10/h8H,1-6H2. The molecule has 1 heterocycles. The first-order chi connectivity index (χ1) is 5.83. The second-order valence-electron chi connectivity index (χ2n) is 2.86. The van der Waals surface area contributed by atoms with Gasteiger partial charge in [0, 0.05) is 18.3 Å². The van der Waals surface area contributed by atoms with Crippen LogP contribution < -0.4 is 5.32 Å². The molecule has 0 atom stereocenters. The summed E-state index contributed by atoms with van der Waals surface area (Å²) < 4.78 is 0. The van der Waals surface area contributed by atoms with Crippen LogP contribution in [0.1, 0.15) is 6.42 Å². The van der Waals surface area contributed by atoms with Crippen molar-refractivity contribution in [3.8, 4) is 0 Å². The van der Waals surface area contributed by atoms with Gasteiger partial charge in [0.25, 0.3) is 5.91 Å². The van der Waals surface area contributed by atoms with Crippen molar-refractivity contribution in [2.45, 2.75) is 6.42 Å². The van der Waals surface area contributed by atoms with Crippen LogP contribution in [0.15, 0.2) is 5.18 Å². The van der Waals surface area contributed by atoms with Crippen molar-refractivity contribution in [2.75, 3.05) is 32.7 Å². The first-order valence-corrected chi connectivity index (χ1v) is 4.12. The molecule has 0 aromatic carbocycles. The Labute approximate surface area is 71.1 Å². The average molecular weight is 171 g/mol. The van der Waals surface area contributed by atoms with Crippen molar-refractivity contribution < 1.29 is 4.79 Å². The van der Waals surface area contributed by atoms with Gasteiger partial charge in [-0.2, -0.15) is 0 Å². The van der Waals surface area contributed by atoms with Crippen LogP contribution in [0.2, 0.25) is 0 Å². The molecule has 0 spiro atoms. The van der Waals surface area contributed by atoms with E-state index in [9.17, 15) is 9.70 Å². The van der Waals surface area contributed by atoms with Crippen LogP contribution in [0.25, 0.3) is 0 Å². The van der Waals surface area contributed by atoms with Crippen LogP contribution in [0.4, 0.5) is 0 Å². The predicted molar refractivity (Wildman–Crippen MR) is 44.7 cm³/mol. The first kappa shape index (κ1) is 9.28. The maximum absolute atomic E-state index is 10.7. The molecule has 1 fully saturated rings. The van der Waals surface area contributed by atoms with Crippen LogP contribution in [0.5, 0.6) is 0 Å². The lowest BCUT2D eigenvalue weighted by molar-refractivity contribution is -0.119. The van der Waals surface area contributed by atoms with Crippen LogP contribution in [0.3, 0.4) is 0 Å². The Kier molecular flexibility index (Phi) is 3.83. The second-order valence-corrected chi connectivity index (χ2v) is 2.86. The van der Waals surface area contributed by atoms with E-state index < -0.39 is 5.91 Å². The normalized spacial score (nSPS) is 20.0. The van der Waals surface area contributed by atoms with E-state index >= 15 is 0 Å². The molecule has 0 aromatic rings. The Morgan fingerprint density at radius 1 is 1.42 bits per heavy atom. The van der Waals surface area contributed by atoms with Gasteiger partial charge in [-0.3, -0.25) is 9.69 Å². The molecule has 1 amide bonds. The van der Waals surface area contributed by atoms with Gasteiger partial charge in [-0.1, -0.05) is 0 Å². The number of nitrogens with zero attached hydrogens (tertiary/aromatic N) is 2. The Hall–Kier alpha value is -0.810. The summed E-state index contributed by atoms with van der Waals surface area (Å²) in [6, 6.07) is 0. The Morgan fingerprint density at radius 2 is 2.25 bits per heavy atom. The van der Waals surface area contributed by atoms with Crippen molar-refractivity contribution in [3.63, 3.8) is 0 Å². The molecule has 0 aromatic heterocycles.